The van der Waals surface area contributed by atoms with Gasteiger partial charge in [-0.1, -0.05) is 12.1 Å². The maximum atomic E-state index is 12.5. The largest absolute Gasteiger partial charge is 0.341 e. The number of amides is 2. The molecule has 0 aliphatic rings. The van der Waals surface area contributed by atoms with E-state index in [2.05, 4.69) is 20.6 Å². The van der Waals surface area contributed by atoms with Crippen LogP contribution in [-0.2, 0) is 0 Å². The minimum atomic E-state index is -0.309. The molecular weight excluding hydrogens is 348 g/mol. The van der Waals surface area contributed by atoms with Crippen LogP contribution in [0.1, 0.15) is 26.4 Å². The highest BCUT2D eigenvalue weighted by Crippen LogP contribution is 2.21. The van der Waals surface area contributed by atoms with Crippen LogP contribution in [0.3, 0.4) is 0 Å². The van der Waals surface area contributed by atoms with Crippen molar-refractivity contribution in [1.82, 2.24) is 9.97 Å². The van der Waals surface area contributed by atoms with Crippen LogP contribution in [0.5, 0.6) is 0 Å². The summed E-state index contributed by atoms with van der Waals surface area (Å²) in [5.41, 5.74) is 2.98. The molecule has 0 fully saturated rings. The second-order valence-electron chi connectivity index (χ2n) is 5.64. The van der Waals surface area contributed by atoms with Crippen LogP contribution in [0.15, 0.2) is 59.9 Å². The quantitative estimate of drug-likeness (QED) is 0.597. The van der Waals surface area contributed by atoms with Gasteiger partial charge >= 0.3 is 0 Å². The highest BCUT2D eigenvalue weighted by atomic mass is 32.2. The van der Waals surface area contributed by atoms with Gasteiger partial charge < -0.3 is 15.6 Å². The first-order chi connectivity index (χ1) is 12.6. The number of hydrogen-bond donors (Lipinski definition) is 3. The van der Waals surface area contributed by atoms with E-state index >= 15 is 0 Å². The summed E-state index contributed by atoms with van der Waals surface area (Å²) >= 11 is 1.61. The number of rotatable bonds is 5. The molecule has 0 saturated heterocycles. The molecule has 0 atom stereocenters. The van der Waals surface area contributed by atoms with E-state index in [4.69, 9.17) is 0 Å². The number of thioether (sulfide) groups is 1. The summed E-state index contributed by atoms with van der Waals surface area (Å²) in [6.45, 7) is 1.87. The number of anilines is 2. The van der Waals surface area contributed by atoms with Crippen molar-refractivity contribution in [3.8, 4) is 0 Å². The molecule has 0 spiro atoms. The minimum absolute atomic E-state index is 0.236. The van der Waals surface area contributed by atoms with E-state index in [0.29, 0.717) is 16.9 Å². The Morgan fingerprint density at radius 2 is 1.92 bits per heavy atom. The Morgan fingerprint density at radius 1 is 1.08 bits per heavy atom. The van der Waals surface area contributed by atoms with Crippen LogP contribution in [0.2, 0.25) is 0 Å². The van der Waals surface area contributed by atoms with E-state index in [-0.39, 0.29) is 11.8 Å². The number of carbonyl (C=O) groups is 2. The van der Waals surface area contributed by atoms with Gasteiger partial charge in [-0.25, -0.2) is 4.98 Å². The van der Waals surface area contributed by atoms with E-state index in [1.54, 1.807) is 30.0 Å². The fourth-order valence-corrected chi connectivity index (χ4v) is 2.83. The van der Waals surface area contributed by atoms with Crippen LogP contribution in [0, 0.1) is 6.92 Å². The zero-order valence-electron chi connectivity index (χ0n) is 14.4. The van der Waals surface area contributed by atoms with Crippen molar-refractivity contribution in [2.45, 2.75) is 11.8 Å². The second-order valence-corrected chi connectivity index (χ2v) is 6.51. The highest BCUT2D eigenvalue weighted by molar-refractivity contribution is 7.98. The lowest BCUT2D eigenvalue weighted by atomic mass is 10.1. The molecule has 132 valence electrons. The molecule has 0 radical (unpaired) electrons. The Hall–Kier alpha value is -3.06. The fourth-order valence-electron chi connectivity index (χ4n) is 2.37. The first kappa shape index (κ1) is 17.8. The summed E-state index contributed by atoms with van der Waals surface area (Å²) in [4.78, 5) is 32.4. The van der Waals surface area contributed by atoms with Gasteiger partial charge in [-0.05, 0) is 49.1 Å². The third-order valence-electron chi connectivity index (χ3n) is 3.82. The number of hydrogen-bond acceptors (Lipinski definition) is 4. The van der Waals surface area contributed by atoms with Crippen molar-refractivity contribution in [2.75, 3.05) is 16.9 Å². The van der Waals surface area contributed by atoms with Crippen molar-refractivity contribution in [3.63, 3.8) is 0 Å². The summed E-state index contributed by atoms with van der Waals surface area (Å²) in [6.07, 6.45) is 4.86. The number of nitrogens with zero attached hydrogens (tertiary/aromatic N) is 1. The van der Waals surface area contributed by atoms with Crippen molar-refractivity contribution >= 4 is 35.0 Å². The Morgan fingerprint density at radius 3 is 2.65 bits per heavy atom. The van der Waals surface area contributed by atoms with E-state index in [9.17, 15) is 9.59 Å². The van der Waals surface area contributed by atoms with Gasteiger partial charge in [0.15, 0.2) is 0 Å². The van der Waals surface area contributed by atoms with Crippen LogP contribution in [0.25, 0.3) is 0 Å². The lowest BCUT2D eigenvalue weighted by Crippen LogP contribution is -2.15. The average molecular weight is 366 g/mol. The molecule has 0 aliphatic heterocycles. The second kappa shape index (κ2) is 7.88. The van der Waals surface area contributed by atoms with Crippen molar-refractivity contribution in [1.29, 1.82) is 0 Å². The number of H-pyrrole nitrogens is 1. The summed E-state index contributed by atoms with van der Waals surface area (Å²) in [6, 6.07) is 12.8. The first-order valence-electron chi connectivity index (χ1n) is 7.92. The molecule has 26 heavy (non-hydrogen) atoms. The first-order valence-corrected chi connectivity index (χ1v) is 9.15. The molecule has 2 amide bonds. The Labute approximate surface area is 155 Å². The predicted octanol–water partition coefficient (Wildman–Crippen LogP) is 3.94. The molecule has 1 heterocycles. The van der Waals surface area contributed by atoms with E-state index in [1.807, 2.05) is 37.4 Å². The minimum Gasteiger partial charge on any atom is -0.341 e. The molecule has 0 aliphatic carbocycles. The zero-order chi connectivity index (χ0) is 18.5. The van der Waals surface area contributed by atoms with Crippen LogP contribution >= 0.6 is 11.8 Å². The summed E-state index contributed by atoms with van der Waals surface area (Å²) in [7, 11) is 0. The third kappa shape index (κ3) is 4.12. The molecule has 2 aromatic carbocycles. The standard InChI is InChI=1S/C19H18N4O2S/c1-12-6-7-13(8-16(12)23-19(25)17-10-20-11-21-17)18(24)22-14-4-3-5-15(9-14)26-2/h3-11H,1-2H3,(H,20,21)(H,22,24)(H,23,25). The lowest BCUT2D eigenvalue weighted by molar-refractivity contribution is 0.101. The maximum absolute atomic E-state index is 12.5. The summed E-state index contributed by atoms with van der Waals surface area (Å²) in [5, 5.41) is 5.68. The normalized spacial score (nSPS) is 10.4. The molecular formula is C19H18N4O2S. The van der Waals surface area contributed by atoms with E-state index in [1.165, 1.54) is 12.5 Å². The van der Waals surface area contributed by atoms with E-state index < -0.39 is 0 Å². The molecule has 3 rings (SSSR count). The monoisotopic (exact) mass is 366 g/mol. The van der Waals surface area contributed by atoms with Gasteiger partial charge in [0.2, 0.25) is 0 Å². The fraction of sp³-hybridized carbons (Fsp3) is 0.105. The molecule has 7 heteroatoms. The molecule has 3 N–H and O–H groups in total. The Kier molecular flexibility index (Phi) is 5.38. The molecule has 3 aromatic rings. The number of aromatic amines is 1. The smallest absolute Gasteiger partial charge is 0.273 e. The van der Waals surface area contributed by atoms with Gasteiger partial charge in [0.25, 0.3) is 11.8 Å². The number of carbonyl (C=O) groups excluding carboxylic acids is 2. The average Bonchev–Trinajstić information content (AvgIpc) is 3.18. The molecule has 0 unspecified atom stereocenters. The van der Waals surface area contributed by atoms with Crippen molar-refractivity contribution in [2.24, 2.45) is 0 Å². The van der Waals surface area contributed by atoms with E-state index in [0.717, 1.165) is 16.1 Å². The predicted molar refractivity (Wildman–Crippen MR) is 104 cm³/mol. The molecule has 1 aromatic heterocycles. The molecule has 0 saturated carbocycles. The Balaban J connectivity index is 1.77. The topological polar surface area (TPSA) is 86.9 Å². The number of aryl methyl sites for hydroxylation is 1. The van der Waals surface area contributed by atoms with Gasteiger partial charge in [0.1, 0.15) is 5.69 Å². The number of benzene rings is 2. The third-order valence-corrected chi connectivity index (χ3v) is 4.54. The highest BCUT2D eigenvalue weighted by Gasteiger charge is 2.12. The van der Waals surface area contributed by atoms with Crippen molar-refractivity contribution in [3.05, 3.63) is 71.8 Å². The number of imidazole rings is 1. The maximum Gasteiger partial charge on any atom is 0.273 e. The van der Waals surface area contributed by atoms with Gasteiger partial charge in [0.05, 0.1) is 12.5 Å². The van der Waals surface area contributed by atoms with Gasteiger partial charge in [-0.3, -0.25) is 9.59 Å². The van der Waals surface area contributed by atoms with Gasteiger partial charge in [-0.2, -0.15) is 0 Å². The van der Waals surface area contributed by atoms with Crippen LogP contribution in [0.4, 0.5) is 11.4 Å². The summed E-state index contributed by atoms with van der Waals surface area (Å²) < 4.78 is 0. The SMILES string of the molecule is CSc1cccc(NC(=O)c2ccc(C)c(NC(=O)c3cnc[nH]3)c2)c1. The molecule has 0 bridgehead atoms. The number of nitrogens with one attached hydrogen (secondary N) is 3. The van der Waals surface area contributed by atoms with Crippen LogP contribution < -0.4 is 10.6 Å². The van der Waals surface area contributed by atoms with Gasteiger partial charge in [0, 0.05) is 21.8 Å². The Bertz CT molecular complexity index is 938. The number of aromatic nitrogens is 2. The molecule has 6 nitrogen and oxygen atoms in total. The van der Waals surface area contributed by atoms with Crippen molar-refractivity contribution < 1.29 is 9.59 Å². The lowest BCUT2D eigenvalue weighted by Gasteiger charge is -2.11. The van der Waals surface area contributed by atoms with Gasteiger partial charge in [-0.15, -0.1) is 11.8 Å². The van der Waals surface area contributed by atoms with Crippen LogP contribution in [-0.4, -0.2) is 28.0 Å². The zero-order valence-corrected chi connectivity index (χ0v) is 15.2. The summed E-state index contributed by atoms with van der Waals surface area (Å²) in [5.74, 6) is -0.545.